The Morgan fingerprint density at radius 3 is 1.98 bits per heavy atom. The summed E-state index contributed by atoms with van der Waals surface area (Å²) in [7, 11) is -1.93. The number of hydrogen-bond acceptors (Lipinski definition) is 14. The van der Waals surface area contributed by atoms with Crippen LogP contribution >= 0.6 is 10.9 Å². The first-order valence-corrected chi connectivity index (χ1v) is 18.8. The Hall–Kier alpha value is -4.96. The van der Waals surface area contributed by atoms with Crippen molar-refractivity contribution in [3.05, 3.63) is 66.2 Å². The molecule has 296 valence electrons. The smallest absolute Gasteiger partial charge is 0.420 e. The van der Waals surface area contributed by atoms with Crippen LogP contribution < -0.4 is 0 Å². The number of esters is 5. The molecular weight excluding hydrogens is 726 g/mol. The van der Waals surface area contributed by atoms with E-state index in [2.05, 4.69) is 0 Å². The highest BCUT2D eigenvalue weighted by Crippen LogP contribution is 2.46. The Morgan fingerprint density at radius 2 is 1.44 bits per heavy atom. The van der Waals surface area contributed by atoms with Gasteiger partial charge in [-0.25, -0.2) is 20.6 Å². The van der Waals surface area contributed by atoms with E-state index in [-0.39, 0.29) is 12.4 Å². The third kappa shape index (κ3) is 13.5. The normalized spacial score (nSPS) is 22.0. The van der Waals surface area contributed by atoms with E-state index in [0.717, 1.165) is 27.7 Å². The summed E-state index contributed by atoms with van der Waals surface area (Å²) >= 11 is 0. The molecule has 16 heteroatoms. The SMILES string of the molecule is CC(=O)OC[C@@H](OC(C)=O)[C@H]1OC(=O)C[SH](c2ccccc2)C(C(=O)OCc2ccccc2)[C@@H](CC(OC(C)=O)N(C(C)=O)C(=O)OC(C)(C)C)OC1C. The third-order valence-electron chi connectivity index (χ3n) is 7.75. The van der Waals surface area contributed by atoms with Crippen LogP contribution in [0.4, 0.5) is 4.79 Å². The number of thiol groups is 1. The van der Waals surface area contributed by atoms with Crippen molar-refractivity contribution in [2.75, 3.05) is 12.4 Å². The van der Waals surface area contributed by atoms with Gasteiger partial charge in [-0.2, -0.15) is 0 Å². The number of hydrogen-bond donors (Lipinski definition) is 1. The lowest BCUT2D eigenvalue weighted by Gasteiger charge is -2.38. The van der Waals surface area contributed by atoms with Crippen molar-refractivity contribution >= 4 is 52.7 Å². The summed E-state index contributed by atoms with van der Waals surface area (Å²) in [6, 6.07) is 17.5. The van der Waals surface area contributed by atoms with Crippen LogP contribution in [0.3, 0.4) is 0 Å². The van der Waals surface area contributed by atoms with E-state index in [0.29, 0.717) is 15.4 Å². The van der Waals surface area contributed by atoms with Gasteiger partial charge in [-0.15, -0.1) is 0 Å². The number of ether oxygens (including phenoxy) is 7. The van der Waals surface area contributed by atoms with Gasteiger partial charge >= 0.3 is 35.9 Å². The maximum Gasteiger partial charge on any atom is 0.420 e. The fraction of sp³-hybridized carbons (Fsp3) is 0.500. The Bertz CT molecular complexity index is 1630. The van der Waals surface area contributed by atoms with Gasteiger partial charge in [-0.3, -0.25) is 28.8 Å². The maximum absolute atomic E-state index is 14.5. The molecular formula is C38H49NO14S. The van der Waals surface area contributed by atoms with Crippen molar-refractivity contribution in [2.24, 2.45) is 0 Å². The highest BCUT2D eigenvalue weighted by Gasteiger charge is 2.47. The first kappa shape index (κ1) is 43.4. The molecule has 1 aliphatic heterocycles. The molecule has 1 saturated heterocycles. The van der Waals surface area contributed by atoms with Crippen LogP contribution in [0, 0.1) is 0 Å². The molecule has 0 aliphatic carbocycles. The van der Waals surface area contributed by atoms with Crippen LogP contribution in [0.2, 0.25) is 0 Å². The van der Waals surface area contributed by atoms with Gasteiger partial charge in [-0.05, 0) is 38.2 Å². The average molecular weight is 776 g/mol. The Morgan fingerprint density at radius 1 is 0.852 bits per heavy atom. The zero-order chi connectivity index (χ0) is 40.2. The van der Waals surface area contributed by atoms with Gasteiger partial charge in [0.2, 0.25) is 5.91 Å². The summed E-state index contributed by atoms with van der Waals surface area (Å²) in [5, 5.41) is -1.30. The minimum Gasteiger partial charge on any atom is -0.462 e. The lowest BCUT2D eigenvalue weighted by atomic mass is 10.1. The van der Waals surface area contributed by atoms with E-state index in [4.69, 9.17) is 33.2 Å². The molecule has 1 aliphatic rings. The molecule has 0 spiro atoms. The van der Waals surface area contributed by atoms with Crippen molar-refractivity contribution in [3.8, 4) is 0 Å². The number of amides is 2. The second-order valence-corrected chi connectivity index (χ2v) is 15.8. The van der Waals surface area contributed by atoms with Gasteiger partial charge in [0.05, 0.1) is 18.0 Å². The van der Waals surface area contributed by atoms with Crippen LogP contribution in [0.1, 0.15) is 67.4 Å². The zero-order valence-corrected chi connectivity index (χ0v) is 32.6. The Balaban J connectivity index is 2.26. The van der Waals surface area contributed by atoms with Crippen molar-refractivity contribution in [1.29, 1.82) is 0 Å². The highest BCUT2D eigenvalue weighted by molar-refractivity contribution is 8.18. The van der Waals surface area contributed by atoms with E-state index in [9.17, 15) is 33.6 Å². The monoisotopic (exact) mass is 775 g/mol. The van der Waals surface area contributed by atoms with Crippen LogP contribution in [0.25, 0.3) is 0 Å². The summed E-state index contributed by atoms with van der Waals surface area (Å²) in [6.07, 6.45) is -8.62. The molecule has 54 heavy (non-hydrogen) atoms. The standard InChI is InChI=1S/C38H49NO14S/c1-23-34(31(50-26(4)42)21-47-25(3)41)52-33(44)22-54(29-17-13-10-14-18-29)35(36(45)48-20-28-15-11-9-12-16-28)30(49-23)19-32(51-27(5)43)39(24(2)40)37(46)53-38(6,7)8/h9-18,23,30-32,34-35,54H,19-22H2,1-8H3/t23?,30-,31-,32?,34+,35?/m1/s1. The molecule has 1 heterocycles. The number of carbonyl (C=O) groups is 7. The van der Waals surface area contributed by atoms with Gasteiger partial charge in [0.15, 0.2) is 18.4 Å². The summed E-state index contributed by atoms with van der Waals surface area (Å²) in [5.41, 5.74) is -0.387. The average Bonchev–Trinajstić information content (AvgIpc) is 3.11. The Labute approximate surface area is 317 Å². The lowest BCUT2D eigenvalue weighted by Crippen LogP contribution is -2.52. The van der Waals surface area contributed by atoms with E-state index in [1.54, 1.807) is 81.4 Å². The second kappa shape index (κ2) is 19.9. The van der Waals surface area contributed by atoms with Crippen molar-refractivity contribution in [2.45, 2.75) is 115 Å². The molecule has 0 N–H and O–H groups in total. The molecule has 7 atom stereocenters. The van der Waals surface area contributed by atoms with Gasteiger partial charge in [0, 0.05) is 34.1 Å². The van der Waals surface area contributed by atoms with Gasteiger partial charge in [0.1, 0.15) is 24.1 Å². The van der Waals surface area contributed by atoms with Gasteiger partial charge in [0.25, 0.3) is 0 Å². The minimum absolute atomic E-state index is 0.148. The van der Waals surface area contributed by atoms with Crippen LogP contribution in [0.5, 0.6) is 0 Å². The largest absolute Gasteiger partial charge is 0.462 e. The molecule has 1 fully saturated rings. The number of imide groups is 1. The predicted molar refractivity (Wildman–Crippen MR) is 194 cm³/mol. The van der Waals surface area contributed by atoms with Gasteiger partial charge in [-0.1, -0.05) is 60.7 Å². The number of cyclic esters (lactones) is 1. The topological polar surface area (TPSA) is 187 Å². The molecule has 0 aromatic heterocycles. The van der Waals surface area contributed by atoms with E-state index >= 15 is 0 Å². The first-order valence-electron chi connectivity index (χ1n) is 17.2. The number of carbonyl (C=O) groups excluding carboxylic acids is 7. The van der Waals surface area contributed by atoms with E-state index < -0.39 is 107 Å². The number of rotatable bonds is 12. The van der Waals surface area contributed by atoms with E-state index in [1.165, 1.54) is 6.92 Å². The number of nitrogens with zero attached hydrogens (tertiary/aromatic N) is 1. The second-order valence-electron chi connectivity index (χ2n) is 13.5. The molecule has 2 amide bonds. The molecule has 0 saturated carbocycles. The third-order valence-corrected chi connectivity index (χ3v) is 10.5. The van der Waals surface area contributed by atoms with Crippen LogP contribution in [-0.4, -0.2) is 101 Å². The quantitative estimate of drug-likeness (QED) is 0.138. The van der Waals surface area contributed by atoms with Crippen LogP contribution in [-0.2, 0) is 68.5 Å². The Kier molecular flexibility index (Phi) is 16.0. The van der Waals surface area contributed by atoms with Crippen molar-refractivity contribution in [1.82, 2.24) is 4.90 Å². The molecule has 2 aromatic rings. The zero-order valence-electron chi connectivity index (χ0n) is 31.7. The molecule has 0 radical (unpaired) electrons. The fourth-order valence-corrected chi connectivity index (χ4v) is 8.17. The van der Waals surface area contributed by atoms with Crippen LogP contribution in [0.15, 0.2) is 65.6 Å². The van der Waals surface area contributed by atoms with Crippen molar-refractivity contribution < 1.29 is 66.7 Å². The molecule has 4 unspecified atom stereocenters. The lowest BCUT2D eigenvalue weighted by molar-refractivity contribution is -0.191. The van der Waals surface area contributed by atoms with E-state index in [1.807, 2.05) is 0 Å². The summed E-state index contributed by atoms with van der Waals surface area (Å²) in [4.78, 5) is 92.6. The van der Waals surface area contributed by atoms with Crippen molar-refractivity contribution in [3.63, 3.8) is 0 Å². The first-order chi connectivity index (χ1) is 25.4. The maximum atomic E-state index is 14.5. The summed E-state index contributed by atoms with van der Waals surface area (Å²) in [5.74, 6) is -5.12. The molecule has 3 rings (SSSR count). The summed E-state index contributed by atoms with van der Waals surface area (Å²) in [6.45, 7) is 10.0. The predicted octanol–water partition coefficient (Wildman–Crippen LogP) is 4.42. The van der Waals surface area contributed by atoms with Gasteiger partial charge < -0.3 is 33.2 Å². The summed E-state index contributed by atoms with van der Waals surface area (Å²) < 4.78 is 40.0. The highest BCUT2D eigenvalue weighted by atomic mass is 32.2. The molecule has 2 aromatic carbocycles. The number of benzene rings is 2. The molecule has 0 bridgehead atoms. The molecule has 15 nitrogen and oxygen atoms in total. The minimum atomic E-state index is -1.93. The fourth-order valence-electron chi connectivity index (χ4n) is 5.64.